The Labute approximate surface area is 166 Å². The number of carbonyl (C=O) groups is 1. The fourth-order valence-corrected chi connectivity index (χ4v) is 2.86. The number of rotatable bonds is 5. The number of carbonyl (C=O) groups excluding carboxylic acids is 1. The number of para-hydroxylation sites is 1. The Hall–Kier alpha value is -3.32. The Morgan fingerprint density at radius 3 is 2.46 bits per heavy atom. The standard InChI is InChI=1S/C20H18ClN3O4/c1-12-6-4-5-7-15(12)24-18(25)11-17(28-3)19(23-24)20(26)22-14-10-13(21)8-9-16(14)27-2/h4-11H,1-3H3,(H,22,26). The summed E-state index contributed by atoms with van der Waals surface area (Å²) in [6, 6.07) is 13.3. The van der Waals surface area contributed by atoms with Gasteiger partial charge >= 0.3 is 0 Å². The molecule has 0 bridgehead atoms. The molecule has 3 rings (SSSR count). The summed E-state index contributed by atoms with van der Waals surface area (Å²) < 4.78 is 11.6. The zero-order valence-electron chi connectivity index (χ0n) is 15.5. The smallest absolute Gasteiger partial charge is 0.280 e. The minimum Gasteiger partial charge on any atom is -0.495 e. The average molecular weight is 400 g/mol. The molecule has 0 unspecified atom stereocenters. The molecule has 7 nitrogen and oxygen atoms in total. The maximum absolute atomic E-state index is 12.9. The monoisotopic (exact) mass is 399 g/mol. The molecular weight excluding hydrogens is 382 g/mol. The number of hydrogen-bond acceptors (Lipinski definition) is 5. The SMILES string of the molecule is COc1ccc(Cl)cc1NC(=O)c1nn(-c2ccccc2C)c(=O)cc1OC. The molecule has 2 aromatic carbocycles. The molecule has 0 spiro atoms. The number of aromatic nitrogens is 2. The van der Waals surface area contributed by atoms with Gasteiger partial charge in [-0.1, -0.05) is 29.8 Å². The molecule has 0 aliphatic heterocycles. The van der Waals surface area contributed by atoms with Crippen molar-refractivity contribution in [2.45, 2.75) is 6.92 Å². The number of methoxy groups -OCH3 is 2. The summed E-state index contributed by atoms with van der Waals surface area (Å²) >= 11 is 6.01. The minimum atomic E-state index is -0.570. The number of aryl methyl sites for hydroxylation is 1. The van der Waals surface area contributed by atoms with E-state index in [-0.39, 0.29) is 11.4 Å². The Bertz CT molecular complexity index is 1100. The normalized spacial score (nSPS) is 10.4. The number of amides is 1. The van der Waals surface area contributed by atoms with Crippen LogP contribution < -0.4 is 20.3 Å². The van der Waals surface area contributed by atoms with Crippen molar-refractivity contribution in [2.24, 2.45) is 0 Å². The van der Waals surface area contributed by atoms with Crippen LogP contribution in [-0.4, -0.2) is 29.9 Å². The summed E-state index contributed by atoms with van der Waals surface area (Å²) in [6.07, 6.45) is 0. The van der Waals surface area contributed by atoms with Crippen LogP contribution in [0.3, 0.4) is 0 Å². The molecule has 1 amide bonds. The number of halogens is 1. The molecule has 144 valence electrons. The molecule has 1 heterocycles. The van der Waals surface area contributed by atoms with Gasteiger partial charge in [-0.25, -0.2) is 0 Å². The van der Waals surface area contributed by atoms with Gasteiger partial charge in [0.25, 0.3) is 11.5 Å². The Morgan fingerprint density at radius 1 is 1.07 bits per heavy atom. The molecule has 0 radical (unpaired) electrons. The lowest BCUT2D eigenvalue weighted by Gasteiger charge is -2.14. The maximum Gasteiger partial charge on any atom is 0.280 e. The number of nitrogens with zero attached hydrogens (tertiary/aromatic N) is 2. The maximum atomic E-state index is 12.9. The average Bonchev–Trinajstić information content (AvgIpc) is 2.68. The van der Waals surface area contributed by atoms with Gasteiger partial charge in [0.05, 0.1) is 31.7 Å². The highest BCUT2D eigenvalue weighted by Crippen LogP contribution is 2.28. The molecule has 0 aliphatic carbocycles. The first-order valence-electron chi connectivity index (χ1n) is 8.34. The lowest BCUT2D eigenvalue weighted by atomic mass is 10.2. The van der Waals surface area contributed by atoms with Crippen LogP contribution in [0.4, 0.5) is 5.69 Å². The minimum absolute atomic E-state index is 0.0487. The number of hydrogen-bond donors (Lipinski definition) is 1. The predicted octanol–water partition coefficient (Wildman–Crippen LogP) is 3.46. The van der Waals surface area contributed by atoms with E-state index in [1.807, 2.05) is 19.1 Å². The number of ether oxygens (including phenoxy) is 2. The van der Waals surface area contributed by atoms with Gasteiger partial charge in [0.2, 0.25) is 0 Å². The molecule has 0 aliphatic rings. The van der Waals surface area contributed by atoms with Crippen molar-refractivity contribution in [1.82, 2.24) is 9.78 Å². The van der Waals surface area contributed by atoms with E-state index in [1.54, 1.807) is 30.3 Å². The van der Waals surface area contributed by atoms with E-state index in [0.29, 0.717) is 22.1 Å². The van der Waals surface area contributed by atoms with Crippen molar-refractivity contribution >= 4 is 23.2 Å². The first kappa shape index (κ1) is 19.4. The fraction of sp³-hybridized carbons (Fsp3) is 0.150. The largest absolute Gasteiger partial charge is 0.495 e. The Morgan fingerprint density at radius 2 is 1.79 bits per heavy atom. The van der Waals surface area contributed by atoms with Gasteiger partial charge in [-0.05, 0) is 36.8 Å². The van der Waals surface area contributed by atoms with Crippen LogP contribution in [0.15, 0.2) is 53.3 Å². The third-order valence-electron chi connectivity index (χ3n) is 4.09. The molecule has 28 heavy (non-hydrogen) atoms. The van der Waals surface area contributed by atoms with Crippen molar-refractivity contribution in [1.29, 1.82) is 0 Å². The molecule has 0 saturated heterocycles. The lowest BCUT2D eigenvalue weighted by Crippen LogP contribution is -2.26. The zero-order valence-corrected chi connectivity index (χ0v) is 16.3. The van der Waals surface area contributed by atoms with Crippen molar-refractivity contribution in [3.63, 3.8) is 0 Å². The second kappa shape index (κ2) is 8.14. The van der Waals surface area contributed by atoms with Gasteiger partial charge in [-0.15, -0.1) is 0 Å². The van der Waals surface area contributed by atoms with Crippen LogP contribution in [-0.2, 0) is 0 Å². The zero-order chi connectivity index (χ0) is 20.3. The van der Waals surface area contributed by atoms with Gasteiger partial charge in [-0.3, -0.25) is 9.59 Å². The van der Waals surface area contributed by atoms with Gasteiger partial charge in [0, 0.05) is 5.02 Å². The Kier molecular flexibility index (Phi) is 5.65. The molecule has 0 saturated carbocycles. The van der Waals surface area contributed by atoms with E-state index in [4.69, 9.17) is 21.1 Å². The van der Waals surface area contributed by atoms with Gasteiger partial charge in [0.1, 0.15) is 5.75 Å². The topological polar surface area (TPSA) is 82.5 Å². The number of nitrogens with one attached hydrogen (secondary N) is 1. The molecular formula is C20H18ClN3O4. The van der Waals surface area contributed by atoms with Crippen LogP contribution in [0, 0.1) is 6.92 Å². The van der Waals surface area contributed by atoms with E-state index in [2.05, 4.69) is 10.4 Å². The van der Waals surface area contributed by atoms with E-state index in [1.165, 1.54) is 25.0 Å². The van der Waals surface area contributed by atoms with E-state index < -0.39 is 11.5 Å². The van der Waals surface area contributed by atoms with Crippen LogP contribution in [0.1, 0.15) is 16.1 Å². The third kappa shape index (κ3) is 3.84. The lowest BCUT2D eigenvalue weighted by molar-refractivity contribution is 0.101. The summed E-state index contributed by atoms with van der Waals surface area (Å²) in [5.74, 6) is -0.0722. The van der Waals surface area contributed by atoms with Crippen molar-refractivity contribution in [2.75, 3.05) is 19.5 Å². The second-order valence-corrected chi connectivity index (χ2v) is 6.33. The van der Waals surface area contributed by atoms with Gasteiger partial charge in [-0.2, -0.15) is 9.78 Å². The third-order valence-corrected chi connectivity index (χ3v) is 4.32. The quantitative estimate of drug-likeness (QED) is 0.710. The van der Waals surface area contributed by atoms with E-state index >= 15 is 0 Å². The number of anilines is 1. The molecule has 0 atom stereocenters. The highest BCUT2D eigenvalue weighted by molar-refractivity contribution is 6.31. The fourth-order valence-electron chi connectivity index (χ4n) is 2.69. The molecule has 8 heteroatoms. The Balaban J connectivity index is 2.07. The van der Waals surface area contributed by atoms with Crippen LogP contribution in [0.2, 0.25) is 5.02 Å². The van der Waals surface area contributed by atoms with E-state index in [9.17, 15) is 9.59 Å². The molecule has 1 N–H and O–H groups in total. The summed E-state index contributed by atoms with van der Waals surface area (Å²) in [5.41, 5.74) is 1.32. The number of benzene rings is 2. The van der Waals surface area contributed by atoms with Crippen molar-refractivity contribution in [3.8, 4) is 17.2 Å². The first-order valence-corrected chi connectivity index (χ1v) is 8.71. The van der Waals surface area contributed by atoms with Crippen molar-refractivity contribution in [3.05, 3.63) is 75.2 Å². The van der Waals surface area contributed by atoms with E-state index in [0.717, 1.165) is 5.56 Å². The summed E-state index contributed by atoms with van der Waals surface area (Å²) in [5, 5.41) is 7.37. The first-order chi connectivity index (χ1) is 13.4. The van der Waals surface area contributed by atoms with Crippen molar-refractivity contribution < 1.29 is 14.3 Å². The highest BCUT2D eigenvalue weighted by Gasteiger charge is 2.20. The highest BCUT2D eigenvalue weighted by atomic mass is 35.5. The van der Waals surface area contributed by atoms with Gasteiger partial charge in [0.15, 0.2) is 11.4 Å². The molecule has 0 fully saturated rings. The summed E-state index contributed by atoms with van der Waals surface area (Å²) in [7, 11) is 2.85. The van der Waals surface area contributed by atoms with Gasteiger partial charge < -0.3 is 14.8 Å². The summed E-state index contributed by atoms with van der Waals surface area (Å²) in [4.78, 5) is 25.4. The van der Waals surface area contributed by atoms with Crippen LogP contribution >= 0.6 is 11.6 Å². The predicted molar refractivity (Wildman–Crippen MR) is 107 cm³/mol. The van der Waals surface area contributed by atoms with Crippen LogP contribution in [0.25, 0.3) is 5.69 Å². The molecule has 1 aromatic heterocycles. The summed E-state index contributed by atoms with van der Waals surface area (Å²) in [6.45, 7) is 1.85. The van der Waals surface area contributed by atoms with Crippen LogP contribution in [0.5, 0.6) is 11.5 Å². The second-order valence-electron chi connectivity index (χ2n) is 5.90. The molecule has 3 aromatic rings.